The van der Waals surface area contributed by atoms with Gasteiger partial charge in [0.15, 0.2) is 0 Å². The van der Waals surface area contributed by atoms with Crippen LogP contribution >= 0.6 is 0 Å². The van der Waals surface area contributed by atoms with Crippen LogP contribution in [-0.4, -0.2) is 19.6 Å². The van der Waals surface area contributed by atoms with Crippen molar-refractivity contribution in [3.05, 3.63) is 74.6 Å². The lowest BCUT2D eigenvalue weighted by Gasteiger charge is -2.09. The smallest absolute Gasteiger partial charge is 0.273 e. The van der Waals surface area contributed by atoms with E-state index in [0.29, 0.717) is 27.6 Å². The molecule has 0 amide bonds. The Morgan fingerprint density at radius 2 is 1.85 bits per heavy atom. The molecule has 0 aliphatic heterocycles. The van der Waals surface area contributed by atoms with E-state index >= 15 is 0 Å². The van der Waals surface area contributed by atoms with Gasteiger partial charge in [-0.05, 0) is 36.4 Å². The van der Waals surface area contributed by atoms with Gasteiger partial charge in [-0.3, -0.25) is 19.5 Å². The van der Waals surface area contributed by atoms with Gasteiger partial charge >= 0.3 is 0 Å². The van der Waals surface area contributed by atoms with Gasteiger partial charge in [-0.15, -0.1) is 0 Å². The van der Waals surface area contributed by atoms with E-state index in [-0.39, 0.29) is 17.0 Å². The normalized spacial score (nSPS) is 10.9. The lowest BCUT2D eigenvalue weighted by atomic mass is 10.1. The number of aromatic hydroxyl groups is 1. The topological polar surface area (TPSA) is 125 Å². The standard InChI is InChI=1S/C18H10N4O4/c19-9-10-7-16-17(14-8-13(23)5-6-15(14)20-16)21(18(10)24)11-1-3-12(4-2-11)22(25)26/h1-8,20,23H. The number of pyridine rings is 1. The third kappa shape index (κ3) is 2.19. The zero-order chi connectivity index (χ0) is 18.4. The Kier molecular flexibility index (Phi) is 3.24. The summed E-state index contributed by atoms with van der Waals surface area (Å²) in [6, 6.07) is 13.5. The number of nitro groups is 1. The van der Waals surface area contributed by atoms with Gasteiger partial charge in [-0.1, -0.05) is 0 Å². The molecule has 8 nitrogen and oxygen atoms in total. The van der Waals surface area contributed by atoms with Crippen molar-refractivity contribution < 1.29 is 10.0 Å². The highest BCUT2D eigenvalue weighted by Gasteiger charge is 2.16. The van der Waals surface area contributed by atoms with Crippen LogP contribution < -0.4 is 5.56 Å². The molecule has 2 heterocycles. The van der Waals surface area contributed by atoms with Crippen LogP contribution in [0.5, 0.6) is 5.75 Å². The van der Waals surface area contributed by atoms with Crippen LogP contribution in [0, 0.1) is 21.4 Å². The number of non-ortho nitro benzene ring substituents is 1. The Bertz CT molecular complexity index is 1290. The monoisotopic (exact) mass is 346 g/mol. The van der Waals surface area contributed by atoms with E-state index in [1.165, 1.54) is 47.0 Å². The van der Waals surface area contributed by atoms with E-state index in [9.17, 15) is 25.3 Å². The van der Waals surface area contributed by atoms with E-state index < -0.39 is 10.5 Å². The summed E-state index contributed by atoms with van der Waals surface area (Å²) in [6.07, 6.45) is 0. The third-order valence-electron chi connectivity index (χ3n) is 4.17. The number of benzene rings is 2. The maximum Gasteiger partial charge on any atom is 0.273 e. The number of fused-ring (bicyclic) bond motifs is 3. The average Bonchev–Trinajstić information content (AvgIpc) is 2.98. The number of aromatic amines is 1. The van der Waals surface area contributed by atoms with Crippen molar-refractivity contribution in [2.45, 2.75) is 0 Å². The Morgan fingerprint density at radius 3 is 2.50 bits per heavy atom. The van der Waals surface area contributed by atoms with E-state index in [2.05, 4.69) is 4.98 Å². The fourth-order valence-electron chi connectivity index (χ4n) is 3.01. The summed E-state index contributed by atoms with van der Waals surface area (Å²) in [5.41, 5.74) is 1.37. The first-order valence-corrected chi connectivity index (χ1v) is 7.55. The molecular formula is C18H10N4O4. The summed E-state index contributed by atoms with van der Waals surface area (Å²) in [6.45, 7) is 0. The van der Waals surface area contributed by atoms with E-state index in [1.807, 2.05) is 6.07 Å². The van der Waals surface area contributed by atoms with Gasteiger partial charge in [-0.25, -0.2) is 0 Å². The largest absolute Gasteiger partial charge is 0.508 e. The second-order valence-electron chi connectivity index (χ2n) is 5.70. The number of aromatic nitrogens is 2. The van der Waals surface area contributed by atoms with Crippen LogP contribution in [-0.2, 0) is 0 Å². The molecule has 0 spiro atoms. The highest BCUT2D eigenvalue weighted by Crippen LogP contribution is 2.29. The van der Waals surface area contributed by atoms with Crippen molar-refractivity contribution in [2.75, 3.05) is 0 Å². The number of nitro benzene ring substituents is 1. The van der Waals surface area contributed by atoms with Crippen molar-refractivity contribution in [1.29, 1.82) is 5.26 Å². The Labute approximate surface area is 145 Å². The summed E-state index contributed by atoms with van der Waals surface area (Å²) in [5.74, 6) is 0.0328. The quantitative estimate of drug-likeness (QED) is 0.426. The molecule has 2 aromatic carbocycles. The fourth-order valence-corrected chi connectivity index (χ4v) is 3.01. The Balaban J connectivity index is 2.15. The minimum atomic E-state index is -0.543. The van der Waals surface area contributed by atoms with Crippen molar-refractivity contribution in [2.24, 2.45) is 0 Å². The first-order chi connectivity index (χ1) is 12.5. The lowest BCUT2D eigenvalue weighted by molar-refractivity contribution is -0.384. The van der Waals surface area contributed by atoms with E-state index in [1.54, 1.807) is 6.07 Å². The van der Waals surface area contributed by atoms with Crippen molar-refractivity contribution in [1.82, 2.24) is 9.55 Å². The molecule has 4 aromatic rings. The van der Waals surface area contributed by atoms with Gasteiger partial charge in [0.2, 0.25) is 0 Å². The summed E-state index contributed by atoms with van der Waals surface area (Å²) in [4.78, 5) is 26.2. The predicted octanol–water partition coefficient (Wildman–Crippen LogP) is 2.96. The second-order valence-corrected chi connectivity index (χ2v) is 5.70. The minimum absolute atomic E-state index is 0.0328. The number of hydrogen-bond donors (Lipinski definition) is 2. The third-order valence-corrected chi connectivity index (χ3v) is 4.17. The summed E-state index contributed by atoms with van der Waals surface area (Å²) in [7, 11) is 0. The van der Waals surface area contributed by atoms with Gasteiger partial charge in [0.25, 0.3) is 11.2 Å². The fraction of sp³-hybridized carbons (Fsp3) is 0. The molecule has 0 bridgehead atoms. The predicted molar refractivity (Wildman–Crippen MR) is 94.4 cm³/mol. The molecule has 0 aliphatic rings. The zero-order valence-electron chi connectivity index (χ0n) is 13.1. The molecule has 26 heavy (non-hydrogen) atoms. The van der Waals surface area contributed by atoms with Crippen LogP contribution in [0.4, 0.5) is 5.69 Å². The SMILES string of the molecule is N#Cc1cc2[nH]c3ccc(O)cc3c2n(-c2ccc([N+](=O)[O-])cc2)c1=O. The van der Waals surface area contributed by atoms with Crippen LogP contribution in [0.1, 0.15) is 5.56 Å². The van der Waals surface area contributed by atoms with Crippen LogP contribution in [0.25, 0.3) is 27.6 Å². The highest BCUT2D eigenvalue weighted by atomic mass is 16.6. The molecule has 2 N–H and O–H groups in total. The molecule has 0 aliphatic carbocycles. The first-order valence-electron chi connectivity index (χ1n) is 7.55. The number of nitrogens with zero attached hydrogens (tertiary/aromatic N) is 3. The molecule has 0 unspecified atom stereocenters. The van der Waals surface area contributed by atoms with Crippen LogP contribution in [0.2, 0.25) is 0 Å². The Morgan fingerprint density at radius 1 is 1.12 bits per heavy atom. The number of rotatable bonds is 2. The van der Waals surface area contributed by atoms with Crippen LogP contribution in [0.15, 0.2) is 53.3 Å². The molecule has 0 saturated heterocycles. The number of hydrogen-bond acceptors (Lipinski definition) is 5. The number of phenolic OH excluding ortho intramolecular Hbond substituents is 1. The van der Waals surface area contributed by atoms with E-state index in [4.69, 9.17) is 0 Å². The molecule has 0 fully saturated rings. The second kappa shape index (κ2) is 5.46. The minimum Gasteiger partial charge on any atom is -0.508 e. The van der Waals surface area contributed by atoms with Crippen molar-refractivity contribution in [3.63, 3.8) is 0 Å². The van der Waals surface area contributed by atoms with Gasteiger partial charge < -0.3 is 10.1 Å². The zero-order valence-corrected chi connectivity index (χ0v) is 13.1. The number of phenols is 1. The number of H-pyrrole nitrogens is 1. The van der Waals surface area contributed by atoms with Gasteiger partial charge in [0.1, 0.15) is 17.4 Å². The van der Waals surface area contributed by atoms with E-state index in [0.717, 1.165) is 0 Å². The molecule has 126 valence electrons. The maximum atomic E-state index is 12.8. The number of nitriles is 1. The van der Waals surface area contributed by atoms with Crippen molar-refractivity contribution >= 4 is 27.6 Å². The molecule has 8 heteroatoms. The van der Waals surface area contributed by atoms with Gasteiger partial charge in [-0.2, -0.15) is 5.26 Å². The molecule has 0 saturated carbocycles. The Hall–Kier alpha value is -4.12. The lowest BCUT2D eigenvalue weighted by Crippen LogP contribution is -2.21. The highest BCUT2D eigenvalue weighted by molar-refractivity contribution is 6.06. The van der Waals surface area contributed by atoms with Crippen molar-refractivity contribution in [3.8, 4) is 17.5 Å². The molecule has 0 radical (unpaired) electrons. The summed E-state index contributed by atoms with van der Waals surface area (Å²) < 4.78 is 1.32. The average molecular weight is 346 g/mol. The molecular weight excluding hydrogens is 336 g/mol. The summed E-state index contributed by atoms with van der Waals surface area (Å²) in [5, 5.41) is 30.5. The van der Waals surface area contributed by atoms with Gasteiger partial charge in [0, 0.05) is 28.7 Å². The van der Waals surface area contributed by atoms with Crippen LogP contribution in [0.3, 0.4) is 0 Å². The maximum absolute atomic E-state index is 12.8. The molecule has 0 atom stereocenters. The number of nitrogens with one attached hydrogen (secondary N) is 1. The first kappa shape index (κ1) is 15.4. The molecule has 2 aromatic heterocycles. The van der Waals surface area contributed by atoms with Gasteiger partial charge in [0.05, 0.1) is 16.0 Å². The molecule has 4 rings (SSSR count). The summed E-state index contributed by atoms with van der Waals surface area (Å²) >= 11 is 0.